The Balaban J connectivity index is 2.73. The van der Waals surface area contributed by atoms with Crippen molar-refractivity contribution in [2.45, 2.75) is 39.2 Å². The summed E-state index contributed by atoms with van der Waals surface area (Å²) in [5.41, 5.74) is 0.338. The molecule has 0 aliphatic rings. The number of hydrogen-bond acceptors (Lipinski definition) is 1. The average Bonchev–Trinajstić information content (AvgIpc) is 2.20. The van der Waals surface area contributed by atoms with Gasteiger partial charge < -0.3 is 5.32 Å². The fourth-order valence-electron chi connectivity index (χ4n) is 1.51. The Hall–Kier alpha value is -0.640. The molecule has 0 aliphatic heterocycles. The molecule has 0 radical (unpaired) electrons. The molecule has 1 atom stereocenters. The average molecular weight is 292 g/mol. The Morgan fingerprint density at radius 1 is 1.38 bits per heavy atom. The smallest absolute Gasteiger partial charge is 0.150 e. The van der Waals surface area contributed by atoms with E-state index < -0.39 is 11.6 Å². The highest BCUT2D eigenvalue weighted by Crippen LogP contribution is 2.27. The van der Waals surface area contributed by atoms with Crippen molar-refractivity contribution in [2.24, 2.45) is 0 Å². The third kappa shape index (κ3) is 3.74. The monoisotopic (exact) mass is 291 g/mol. The van der Waals surface area contributed by atoms with Crippen LogP contribution < -0.4 is 5.32 Å². The Kier molecular flexibility index (Phi) is 5.19. The van der Waals surface area contributed by atoms with Crippen LogP contribution in [0, 0.1) is 11.6 Å². The molecule has 0 aromatic heterocycles. The van der Waals surface area contributed by atoms with Gasteiger partial charge in [-0.3, -0.25) is 0 Å². The van der Waals surface area contributed by atoms with Gasteiger partial charge in [0.25, 0.3) is 0 Å². The number of nitrogens with one attached hydrogen (secondary N) is 1. The van der Waals surface area contributed by atoms with Crippen molar-refractivity contribution in [3.63, 3.8) is 0 Å². The van der Waals surface area contributed by atoms with Crippen LogP contribution in [0.3, 0.4) is 0 Å². The molecule has 1 rings (SSSR count). The van der Waals surface area contributed by atoms with Crippen LogP contribution in [0.1, 0.15) is 33.1 Å². The summed E-state index contributed by atoms with van der Waals surface area (Å²) in [6.07, 6.45) is 3.17. The van der Waals surface area contributed by atoms with Crippen molar-refractivity contribution in [1.82, 2.24) is 0 Å². The predicted molar refractivity (Wildman–Crippen MR) is 66.7 cm³/mol. The molecule has 1 N–H and O–H groups in total. The van der Waals surface area contributed by atoms with Gasteiger partial charge in [0.15, 0.2) is 0 Å². The van der Waals surface area contributed by atoms with Gasteiger partial charge in [0, 0.05) is 16.6 Å². The molecule has 1 unspecified atom stereocenters. The van der Waals surface area contributed by atoms with E-state index in [0.717, 1.165) is 25.3 Å². The summed E-state index contributed by atoms with van der Waals surface area (Å²) in [6.45, 7) is 4.10. The summed E-state index contributed by atoms with van der Waals surface area (Å²) in [5, 5.41) is 3.05. The van der Waals surface area contributed by atoms with Gasteiger partial charge in [-0.1, -0.05) is 19.8 Å². The first-order chi connectivity index (χ1) is 7.54. The molecule has 1 aromatic carbocycles. The zero-order valence-corrected chi connectivity index (χ0v) is 11.1. The molecule has 16 heavy (non-hydrogen) atoms. The summed E-state index contributed by atoms with van der Waals surface area (Å²) < 4.78 is 26.7. The maximum atomic E-state index is 13.5. The Morgan fingerprint density at radius 2 is 2.06 bits per heavy atom. The molecule has 0 amide bonds. The standard InChI is InChI=1S/C12H16BrF2N/c1-3-4-5-8(2)16-12-10(13)6-9(14)7-11(12)15/h6-8,16H,3-5H2,1-2H3. The minimum absolute atomic E-state index is 0.177. The molecule has 0 heterocycles. The molecule has 4 heteroatoms. The lowest BCUT2D eigenvalue weighted by atomic mass is 10.1. The molecular formula is C12H16BrF2N. The number of halogens is 3. The molecule has 1 aromatic rings. The van der Waals surface area contributed by atoms with Crippen LogP contribution in [-0.2, 0) is 0 Å². The van der Waals surface area contributed by atoms with Crippen molar-refractivity contribution >= 4 is 21.6 Å². The van der Waals surface area contributed by atoms with Gasteiger partial charge in [0.1, 0.15) is 11.6 Å². The maximum absolute atomic E-state index is 13.5. The van der Waals surface area contributed by atoms with Crippen molar-refractivity contribution < 1.29 is 8.78 Å². The van der Waals surface area contributed by atoms with Crippen LogP contribution in [-0.4, -0.2) is 6.04 Å². The highest BCUT2D eigenvalue weighted by Gasteiger charge is 2.11. The maximum Gasteiger partial charge on any atom is 0.150 e. The van der Waals surface area contributed by atoms with Gasteiger partial charge in [0.05, 0.1) is 5.69 Å². The normalized spacial score (nSPS) is 12.6. The lowest BCUT2D eigenvalue weighted by molar-refractivity contribution is 0.578. The van der Waals surface area contributed by atoms with Gasteiger partial charge in [0.2, 0.25) is 0 Å². The van der Waals surface area contributed by atoms with Crippen LogP contribution in [0.4, 0.5) is 14.5 Å². The van der Waals surface area contributed by atoms with E-state index in [-0.39, 0.29) is 6.04 Å². The van der Waals surface area contributed by atoms with Gasteiger partial charge in [-0.15, -0.1) is 0 Å². The summed E-state index contributed by atoms with van der Waals surface area (Å²) >= 11 is 3.15. The van der Waals surface area contributed by atoms with E-state index in [0.29, 0.717) is 10.2 Å². The molecule has 0 saturated heterocycles. The second kappa shape index (κ2) is 6.18. The first kappa shape index (κ1) is 13.4. The predicted octanol–water partition coefficient (Wildman–Crippen LogP) is 4.72. The summed E-state index contributed by atoms with van der Waals surface area (Å²) in [6, 6.07) is 2.33. The van der Waals surface area contributed by atoms with Gasteiger partial charge in [-0.25, -0.2) is 8.78 Å². The number of unbranched alkanes of at least 4 members (excludes halogenated alkanes) is 1. The molecule has 0 saturated carbocycles. The first-order valence-electron chi connectivity index (χ1n) is 5.45. The zero-order valence-electron chi connectivity index (χ0n) is 9.49. The number of rotatable bonds is 5. The van der Waals surface area contributed by atoms with Gasteiger partial charge >= 0.3 is 0 Å². The minimum Gasteiger partial charge on any atom is -0.379 e. The summed E-state index contributed by atoms with van der Waals surface area (Å²) in [5.74, 6) is -1.13. The van der Waals surface area contributed by atoms with Crippen LogP contribution in [0.15, 0.2) is 16.6 Å². The van der Waals surface area contributed by atoms with Gasteiger partial charge in [-0.05, 0) is 35.3 Å². The topological polar surface area (TPSA) is 12.0 Å². The van der Waals surface area contributed by atoms with E-state index in [1.165, 1.54) is 6.07 Å². The van der Waals surface area contributed by atoms with Crippen LogP contribution in [0.25, 0.3) is 0 Å². The number of hydrogen-bond donors (Lipinski definition) is 1. The molecule has 1 nitrogen and oxygen atoms in total. The molecule has 0 aliphatic carbocycles. The highest BCUT2D eigenvalue weighted by atomic mass is 79.9. The fraction of sp³-hybridized carbons (Fsp3) is 0.500. The SMILES string of the molecule is CCCCC(C)Nc1c(F)cc(F)cc1Br. The largest absolute Gasteiger partial charge is 0.379 e. The Labute approximate surface area is 103 Å². The van der Waals surface area contributed by atoms with Gasteiger partial charge in [-0.2, -0.15) is 0 Å². The fourth-order valence-corrected chi connectivity index (χ4v) is 2.03. The van der Waals surface area contributed by atoms with Crippen LogP contribution in [0.5, 0.6) is 0 Å². The number of anilines is 1. The third-order valence-corrected chi connectivity index (χ3v) is 3.01. The Morgan fingerprint density at radius 3 is 2.62 bits per heavy atom. The molecule has 0 bridgehead atoms. The number of benzene rings is 1. The second-order valence-electron chi connectivity index (χ2n) is 3.93. The summed E-state index contributed by atoms with van der Waals surface area (Å²) in [4.78, 5) is 0. The van der Waals surface area contributed by atoms with Crippen LogP contribution in [0.2, 0.25) is 0 Å². The van der Waals surface area contributed by atoms with E-state index in [1.54, 1.807) is 0 Å². The molecular weight excluding hydrogens is 276 g/mol. The quantitative estimate of drug-likeness (QED) is 0.828. The zero-order chi connectivity index (χ0) is 12.1. The van der Waals surface area contributed by atoms with Crippen molar-refractivity contribution in [3.8, 4) is 0 Å². The van der Waals surface area contributed by atoms with E-state index in [4.69, 9.17) is 0 Å². The van der Waals surface area contributed by atoms with Crippen molar-refractivity contribution in [2.75, 3.05) is 5.32 Å². The molecule has 0 fully saturated rings. The lowest BCUT2D eigenvalue weighted by Crippen LogP contribution is -2.16. The molecule has 0 spiro atoms. The molecule has 90 valence electrons. The Bertz CT molecular complexity index is 332. The second-order valence-corrected chi connectivity index (χ2v) is 4.79. The highest BCUT2D eigenvalue weighted by molar-refractivity contribution is 9.10. The van der Waals surface area contributed by atoms with E-state index in [2.05, 4.69) is 28.2 Å². The summed E-state index contributed by atoms with van der Waals surface area (Å²) in [7, 11) is 0. The lowest BCUT2D eigenvalue weighted by Gasteiger charge is -2.16. The first-order valence-corrected chi connectivity index (χ1v) is 6.25. The van der Waals surface area contributed by atoms with E-state index in [1.807, 2.05) is 6.92 Å². The van der Waals surface area contributed by atoms with Crippen molar-refractivity contribution in [1.29, 1.82) is 0 Å². The minimum atomic E-state index is -0.573. The van der Waals surface area contributed by atoms with Crippen molar-refractivity contribution in [3.05, 3.63) is 28.2 Å². The third-order valence-electron chi connectivity index (χ3n) is 2.39. The van der Waals surface area contributed by atoms with E-state index in [9.17, 15) is 8.78 Å². The van der Waals surface area contributed by atoms with E-state index >= 15 is 0 Å². The van der Waals surface area contributed by atoms with Crippen LogP contribution >= 0.6 is 15.9 Å².